The summed E-state index contributed by atoms with van der Waals surface area (Å²) >= 11 is 5.96. The Morgan fingerprint density at radius 2 is 2.19 bits per heavy atom. The summed E-state index contributed by atoms with van der Waals surface area (Å²) < 4.78 is 0. The summed E-state index contributed by atoms with van der Waals surface area (Å²) in [6.07, 6.45) is 2.64. The fourth-order valence-electron chi connectivity index (χ4n) is 2.18. The molecule has 2 rings (SSSR count). The highest BCUT2D eigenvalue weighted by atomic mass is 35.5. The van der Waals surface area contributed by atoms with E-state index in [4.69, 9.17) is 11.6 Å². The van der Waals surface area contributed by atoms with Crippen LogP contribution in [-0.4, -0.2) is 23.8 Å². The van der Waals surface area contributed by atoms with Gasteiger partial charge in [-0.3, -0.25) is 0 Å². The van der Waals surface area contributed by atoms with E-state index in [1.165, 1.54) is 11.1 Å². The number of hydrogen-bond donors (Lipinski definition) is 2. The van der Waals surface area contributed by atoms with E-state index in [0.29, 0.717) is 12.6 Å². The van der Waals surface area contributed by atoms with Crippen LogP contribution in [-0.2, 0) is 12.8 Å². The van der Waals surface area contributed by atoms with Gasteiger partial charge < -0.3 is 10.4 Å². The van der Waals surface area contributed by atoms with Crippen LogP contribution in [0.15, 0.2) is 18.2 Å². The van der Waals surface area contributed by atoms with Crippen LogP contribution in [0.4, 0.5) is 0 Å². The fourth-order valence-corrected chi connectivity index (χ4v) is 2.37. The molecule has 3 heteroatoms. The number of nitrogens with one attached hydrogen (secondary N) is 1. The lowest BCUT2D eigenvalue weighted by molar-refractivity contribution is 0.163. The normalized spacial score (nSPS) is 20.8. The van der Waals surface area contributed by atoms with Crippen molar-refractivity contribution in [1.29, 1.82) is 0 Å². The van der Waals surface area contributed by atoms with Crippen LogP contribution in [0.3, 0.4) is 0 Å². The zero-order valence-electron chi connectivity index (χ0n) is 9.54. The lowest BCUT2D eigenvalue weighted by Crippen LogP contribution is -2.35. The maximum Gasteiger partial charge on any atom is 0.0662 e. The first-order valence-corrected chi connectivity index (χ1v) is 6.25. The van der Waals surface area contributed by atoms with E-state index in [0.717, 1.165) is 24.3 Å². The third kappa shape index (κ3) is 2.76. The second-order valence-corrected chi connectivity index (χ2v) is 4.92. The van der Waals surface area contributed by atoms with Gasteiger partial charge in [0.1, 0.15) is 0 Å². The summed E-state index contributed by atoms with van der Waals surface area (Å²) in [5.74, 6) is 0. The molecule has 0 radical (unpaired) electrons. The van der Waals surface area contributed by atoms with Crippen molar-refractivity contribution in [1.82, 2.24) is 5.32 Å². The minimum atomic E-state index is -0.229. The van der Waals surface area contributed by atoms with Crippen LogP contribution in [0.2, 0.25) is 5.02 Å². The molecule has 0 heterocycles. The highest BCUT2D eigenvalue weighted by Gasteiger charge is 2.21. The number of aliphatic hydroxyl groups is 1. The maximum absolute atomic E-state index is 9.50. The molecule has 2 unspecified atom stereocenters. The molecule has 2 nitrogen and oxygen atoms in total. The van der Waals surface area contributed by atoms with Crippen molar-refractivity contribution in [3.8, 4) is 0 Å². The second kappa shape index (κ2) is 5.17. The van der Waals surface area contributed by atoms with Gasteiger partial charge in [0.15, 0.2) is 0 Å². The van der Waals surface area contributed by atoms with Crippen molar-refractivity contribution in [3.05, 3.63) is 34.3 Å². The Hall–Kier alpha value is -0.570. The van der Waals surface area contributed by atoms with Gasteiger partial charge in [-0.15, -0.1) is 0 Å². The lowest BCUT2D eigenvalue weighted by atomic mass is 10.1. The Morgan fingerprint density at radius 3 is 2.94 bits per heavy atom. The predicted molar refractivity (Wildman–Crippen MR) is 66.9 cm³/mol. The minimum absolute atomic E-state index is 0.229. The molecule has 1 aromatic rings. The highest BCUT2D eigenvalue weighted by Crippen LogP contribution is 2.25. The molecule has 0 aliphatic heterocycles. The van der Waals surface area contributed by atoms with Gasteiger partial charge >= 0.3 is 0 Å². The Balaban J connectivity index is 1.90. The number of aliphatic hydroxyl groups excluding tert-OH is 1. The number of benzene rings is 1. The molecule has 0 saturated heterocycles. The smallest absolute Gasteiger partial charge is 0.0662 e. The van der Waals surface area contributed by atoms with Crippen LogP contribution < -0.4 is 5.32 Å². The summed E-state index contributed by atoms with van der Waals surface area (Å²) in [5.41, 5.74) is 2.73. The van der Waals surface area contributed by atoms with E-state index in [9.17, 15) is 5.11 Å². The molecule has 1 aromatic carbocycles. The van der Waals surface area contributed by atoms with E-state index in [-0.39, 0.29) is 6.10 Å². The van der Waals surface area contributed by atoms with E-state index in [1.54, 1.807) is 0 Å². The van der Waals surface area contributed by atoms with Crippen LogP contribution in [0.1, 0.15) is 24.5 Å². The summed E-state index contributed by atoms with van der Waals surface area (Å²) in [7, 11) is 0. The summed E-state index contributed by atoms with van der Waals surface area (Å²) in [6.45, 7) is 2.68. The largest absolute Gasteiger partial charge is 0.392 e. The molecular formula is C13H18ClNO. The van der Waals surface area contributed by atoms with Gasteiger partial charge in [-0.25, -0.2) is 0 Å². The fraction of sp³-hybridized carbons (Fsp3) is 0.538. The molecule has 0 bridgehead atoms. The molecule has 16 heavy (non-hydrogen) atoms. The number of halogens is 1. The molecule has 2 N–H and O–H groups in total. The first-order chi connectivity index (χ1) is 7.69. The quantitative estimate of drug-likeness (QED) is 0.844. The van der Waals surface area contributed by atoms with Crippen LogP contribution in [0.5, 0.6) is 0 Å². The summed E-state index contributed by atoms with van der Waals surface area (Å²) in [5, 5.41) is 13.7. The molecule has 0 saturated carbocycles. The van der Waals surface area contributed by atoms with Crippen molar-refractivity contribution >= 4 is 11.6 Å². The minimum Gasteiger partial charge on any atom is -0.392 e. The first kappa shape index (κ1) is 11.9. The van der Waals surface area contributed by atoms with Gasteiger partial charge in [-0.2, -0.15) is 0 Å². The Kier molecular flexibility index (Phi) is 3.85. The zero-order valence-corrected chi connectivity index (χ0v) is 10.3. The Morgan fingerprint density at radius 1 is 1.44 bits per heavy atom. The van der Waals surface area contributed by atoms with Crippen LogP contribution in [0, 0.1) is 0 Å². The molecule has 0 fully saturated rings. The third-order valence-electron chi connectivity index (χ3n) is 3.21. The molecule has 88 valence electrons. The number of fused-ring (bicyclic) bond motifs is 1. The van der Waals surface area contributed by atoms with Crippen LogP contribution in [0.25, 0.3) is 0 Å². The van der Waals surface area contributed by atoms with Gasteiger partial charge in [0.25, 0.3) is 0 Å². The average Bonchev–Trinajstić information content (AvgIpc) is 2.67. The van der Waals surface area contributed by atoms with Gasteiger partial charge in [0, 0.05) is 17.6 Å². The van der Waals surface area contributed by atoms with Gasteiger partial charge in [-0.05, 0) is 42.5 Å². The Bertz CT molecular complexity index is 367. The molecule has 0 spiro atoms. The Labute approximate surface area is 102 Å². The van der Waals surface area contributed by atoms with Gasteiger partial charge in [0.2, 0.25) is 0 Å². The van der Waals surface area contributed by atoms with E-state index < -0.39 is 0 Å². The molecule has 1 aliphatic rings. The van der Waals surface area contributed by atoms with Crippen LogP contribution >= 0.6 is 11.6 Å². The zero-order chi connectivity index (χ0) is 11.5. The number of rotatable bonds is 4. The third-order valence-corrected chi connectivity index (χ3v) is 3.45. The first-order valence-electron chi connectivity index (χ1n) is 5.87. The van der Waals surface area contributed by atoms with Gasteiger partial charge in [0.05, 0.1) is 6.10 Å². The summed E-state index contributed by atoms with van der Waals surface area (Å²) in [4.78, 5) is 0. The van der Waals surface area contributed by atoms with Crippen molar-refractivity contribution in [2.45, 2.75) is 38.3 Å². The SMILES string of the molecule is CCC(O)CNC1Cc2ccc(Cl)cc2C1. The predicted octanol–water partition coefficient (Wildman–Crippen LogP) is 2.17. The van der Waals surface area contributed by atoms with E-state index in [1.807, 2.05) is 13.0 Å². The highest BCUT2D eigenvalue weighted by molar-refractivity contribution is 6.30. The van der Waals surface area contributed by atoms with Crippen molar-refractivity contribution in [2.24, 2.45) is 0 Å². The molecule has 0 aromatic heterocycles. The molecular weight excluding hydrogens is 222 g/mol. The number of hydrogen-bond acceptors (Lipinski definition) is 2. The standard InChI is InChI=1S/C13H18ClNO/c1-2-13(16)8-15-12-6-9-3-4-11(14)5-10(9)7-12/h3-5,12-13,15-16H,2,6-8H2,1H3. The topological polar surface area (TPSA) is 32.3 Å². The lowest BCUT2D eigenvalue weighted by Gasteiger charge is -2.14. The van der Waals surface area contributed by atoms with Gasteiger partial charge in [-0.1, -0.05) is 24.6 Å². The van der Waals surface area contributed by atoms with E-state index >= 15 is 0 Å². The average molecular weight is 240 g/mol. The van der Waals surface area contributed by atoms with Crippen molar-refractivity contribution in [3.63, 3.8) is 0 Å². The monoisotopic (exact) mass is 239 g/mol. The molecule has 0 amide bonds. The summed E-state index contributed by atoms with van der Waals surface area (Å²) in [6, 6.07) is 6.56. The van der Waals surface area contributed by atoms with Crippen molar-refractivity contribution < 1.29 is 5.11 Å². The van der Waals surface area contributed by atoms with Crippen molar-refractivity contribution in [2.75, 3.05) is 6.54 Å². The second-order valence-electron chi connectivity index (χ2n) is 4.49. The molecule has 1 aliphatic carbocycles. The molecule has 2 atom stereocenters. The van der Waals surface area contributed by atoms with E-state index in [2.05, 4.69) is 17.4 Å². The maximum atomic E-state index is 9.50.